The van der Waals surface area contributed by atoms with E-state index in [1.165, 1.54) is 6.07 Å². The maximum atomic E-state index is 10.6. The van der Waals surface area contributed by atoms with Gasteiger partial charge in [0.25, 0.3) is 0 Å². The van der Waals surface area contributed by atoms with E-state index < -0.39 is 0 Å². The van der Waals surface area contributed by atoms with Crippen LogP contribution in [0.4, 0.5) is 0 Å². The highest BCUT2D eigenvalue weighted by molar-refractivity contribution is 5.77. The van der Waals surface area contributed by atoms with Gasteiger partial charge in [-0.05, 0) is 48.1 Å². The van der Waals surface area contributed by atoms with Gasteiger partial charge >= 0.3 is 0 Å². The zero-order valence-corrected chi connectivity index (χ0v) is 12.8. The number of benzene rings is 2. The van der Waals surface area contributed by atoms with E-state index in [0.29, 0.717) is 17.7 Å². The Labute approximate surface area is 125 Å². The van der Waals surface area contributed by atoms with Crippen molar-refractivity contribution in [2.75, 3.05) is 0 Å². The first kappa shape index (κ1) is 15.2. The molecular weight excluding hydrogens is 264 g/mol. The van der Waals surface area contributed by atoms with Crippen LogP contribution < -0.4 is 0 Å². The van der Waals surface area contributed by atoms with Crippen LogP contribution in [0.1, 0.15) is 37.5 Å². The van der Waals surface area contributed by atoms with Crippen LogP contribution in [0.3, 0.4) is 0 Å². The number of aromatic hydroxyl groups is 3. The van der Waals surface area contributed by atoms with Crippen molar-refractivity contribution in [3.05, 3.63) is 41.0 Å². The third-order valence-corrected chi connectivity index (χ3v) is 3.96. The standard InChI is InChI=1S/C18H22O3/c1-4-11-9-16(14(6-3)18(21)13(11)5-2)15-8-7-12(19)10-17(15)20/h7-10,19-21H,4-6H2,1-3H3. The zero-order chi connectivity index (χ0) is 15.6. The molecule has 0 atom stereocenters. The molecule has 0 aliphatic carbocycles. The second-order valence-electron chi connectivity index (χ2n) is 5.15. The summed E-state index contributed by atoms with van der Waals surface area (Å²) >= 11 is 0. The fraction of sp³-hybridized carbons (Fsp3) is 0.333. The second-order valence-corrected chi connectivity index (χ2v) is 5.15. The van der Waals surface area contributed by atoms with Gasteiger partial charge in [0.15, 0.2) is 0 Å². The molecule has 112 valence electrons. The molecule has 0 radical (unpaired) electrons. The van der Waals surface area contributed by atoms with Crippen LogP contribution in [-0.2, 0) is 19.3 Å². The molecule has 2 aromatic carbocycles. The van der Waals surface area contributed by atoms with Gasteiger partial charge in [-0.1, -0.05) is 26.8 Å². The van der Waals surface area contributed by atoms with Gasteiger partial charge in [0.05, 0.1) is 0 Å². The fourth-order valence-electron chi connectivity index (χ4n) is 2.87. The molecule has 0 saturated heterocycles. The first-order valence-electron chi connectivity index (χ1n) is 7.42. The Bertz CT molecular complexity index is 660. The molecule has 0 aromatic heterocycles. The minimum Gasteiger partial charge on any atom is -0.508 e. The lowest BCUT2D eigenvalue weighted by Crippen LogP contribution is -1.99. The molecular formula is C18H22O3. The van der Waals surface area contributed by atoms with E-state index in [9.17, 15) is 15.3 Å². The van der Waals surface area contributed by atoms with Crippen LogP contribution in [0.2, 0.25) is 0 Å². The lowest BCUT2D eigenvalue weighted by atomic mass is 9.89. The van der Waals surface area contributed by atoms with Gasteiger partial charge in [-0.2, -0.15) is 0 Å². The third-order valence-electron chi connectivity index (χ3n) is 3.96. The first-order chi connectivity index (χ1) is 10.0. The van der Waals surface area contributed by atoms with Crippen molar-refractivity contribution in [3.8, 4) is 28.4 Å². The predicted octanol–water partition coefficient (Wildman–Crippen LogP) is 4.16. The third kappa shape index (κ3) is 2.68. The van der Waals surface area contributed by atoms with Gasteiger partial charge in [0.2, 0.25) is 0 Å². The van der Waals surface area contributed by atoms with Gasteiger partial charge < -0.3 is 15.3 Å². The van der Waals surface area contributed by atoms with Crippen molar-refractivity contribution in [2.45, 2.75) is 40.0 Å². The Kier molecular flexibility index (Phi) is 4.41. The van der Waals surface area contributed by atoms with Crippen LogP contribution in [0.15, 0.2) is 24.3 Å². The lowest BCUT2D eigenvalue weighted by molar-refractivity contribution is 0.451. The van der Waals surface area contributed by atoms with Gasteiger partial charge in [0.1, 0.15) is 17.2 Å². The van der Waals surface area contributed by atoms with Crippen LogP contribution in [0.5, 0.6) is 17.2 Å². The monoisotopic (exact) mass is 286 g/mol. The van der Waals surface area contributed by atoms with Crippen LogP contribution in [0, 0.1) is 0 Å². The van der Waals surface area contributed by atoms with E-state index >= 15 is 0 Å². The Balaban J connectivity index is 2.76. The molecule has 0 unspecified atom stereocenters. The van der Waals surface area contributed by atoms with Crippen LogP contribution in [0.25, 0.3) is 11.1 Å². The molecule has 3 N–H and O–H groups in total. The normalized spacial score (nSPS) is 10.8. The minimum atomic E-state index is 0.0235. The number of phenols is 3. The summed E-state index contributed by atoms with van der Waals surface area (Å²) in [7, 11) is 0. The Morgan fingerprint density at radius 1 is 0.762 bits per heavy atom. The maximum absolute atomic E-state index is 10.6. The molecule has 21 heavy (non-hydrogen) atoms. The molecule has 0 fully saturated rings. The Morgan fingerprint density at radius 3 is 1.95 bits per heavy atom. The van der Waals surface area contributed by atoms with E-state index in [0.717, 1.165) is 35.1 Å². The molecule has 0 aliphatic heterocycles. The van der Waals surface area contributed by atoms with Crippen molar-refractivity contribution in [3.63, 3.8) is 0 Å². The van der Waals surface area contributed by atoms with E-state index in [-0.39, 0.29) is 11.5 Å². The topological polar surface area (TPSA) is 60.7 Å². The number of phenolic OH excluding ortho intramolecular Hbond substituents is 3. The molecule has 3 heteroatoms. The van der Waals surface area contributed by atoms with Crippen LogP contribution in [-0.4, -0.2) is 15.3 Å². The SMILES string of the molecule is CCc1cc(-c2ccc(O)cc2O)c(CC)c(O)c1CC. The van der Waals surface area contributed by atoms with Crippen molar-refractivity contribution in [1.82, 2.24) is 0 Å². The summed E-state index contributed by atoms with van der Waals surface area (Å²) in [4.78, 5) is 0. The first-order valence-corrected chi connectivity index (χ1v) is 7.42. The summed E-state index contributed by atoms with van der Waals surface area (Å²) < 4.78 is 0. The quantitative estimate of drug-likeness (QED) is 0.791. The van der Waals surface area contributed by atoms with Crippen molar-refractivity contribution >= 4 is 0 Å². The van der Waals surface area contributed by atoms with Crippen molar-refractivity contribution in [2.24, 2.45) is 0 Å². The molecule has 2 rings (SSSR count). The molecule has 0 aliphatic rings. The summed E-state index contributed by atoms with van der Waals surface area (Å²) in [5, 5.41) is 30.1. The predicted molar refractivity (Wildman–Crippen MR) is 85.0 cm³/mol. The molecule has 2 aromatic rings. The molecule has 0 bridgehead atoms. The second kappa shape index (κ2) is 6.08. The van der Waals surface area contributed by atoms with Crippen molar-refractivity contribution in [1.29, 1.82) is 0 Å². The Hall–Kier alpha value is -2.16. The zero-order valence-electron chi connectivity index (χ0n) is 12.8. The number of aryl methyl sites for hydroxylation is 1. The maximum Gasteiger partial charge on any atom is 0.127 e. The molecule has 0 saturated carbocycles. The fourth-order valence-corrected chi connectivity index (χ4v) is 2.87. The molecule has 0 amide bonds. The molecule has 0 heterocycles. The summed E-state index contributed by atoms with van der Waals surface area (Å²) in [5.41, 5.74) is 4.38. The lowest BCUT2D eigenvalue weighted by Gasteiger charge is -2.18. The summed E-state index contributed by atoms with van der Waals surface area (Å²) in [6.07, 6.45) is 2.29. The van der Waals surface area contributed by atoms with E-state index in [1.54, 1.807) is 12.1 Å². The molecule has 3 nitrogen and oxygen atoms in total. The van der Waals surface area contributed by atoms with E-state index in [1.807, 2.05) is 19.9 Å². The smallest absolute Gasteiger partial charge is 0.127 e. The molecule has 0 spiro atoms. The summed E-state index contributed by atoms with van der Waals surface area (Å²) in [5.74, 6) is 0.386. The number of rotatable bonds is 4. The number of hydrogen-bond acceptors (Lipinski definition) is 3. The van der Waals surface area contributed by atoms with E-state index in [2.05, 4.69) is 6.92 Å². The number of hydrogen-bond donors (Lipinski definition) is 3. The highest BCUT2D eigenvalue weighted by atomic mass is 16.3. The minimum absolute atomic E-state index is 0.0235. The highest BCUT2D eigenvalue weighted by Gasteiger charge is 2.17. The largest absolute Gasteiger partial charge is 0.508 e. The van der Waals surface area contributed by atoms with Gasteiger partial charge in [0, 0.05) is 17.2 Å². The average Bonchev–Trinajstić information content (AvgIpc) is 2.46. The summed E-state index contributed by atoms with van der Waals surface area (Å²) in [6.45, 7) is 6.08. The summed E-state index contributed by atoms with van der Waals surface area (Å²) in [6, 6.07) is 6.60. The van der Waals surface area contributed by atoms with Gasteiger partial charge in [-0.15, -0.1) is 0 Å². The van der Waals surface area contributed by atoms with E-state index in [4.69, 9.17) is 0 Å². The van der Waals surface area contributed by atoms with Gasteiger partial charge in [-0.25, -0.2) is 0 Å². The van der Waals surface area contributed by atoms with Crippen LogP contribution >= 0.6 is 0 Å². The van der Waals surface area contributed by atoms with Gasteiger partial charge in [-0.3, -0.25) is 0 Å². The highest BCUT2D eigenvalue weighted by Crippen LogP contribution is 2.40. The average molecular weight is 286 g/mol. The van der Waals surface area contributed by atoms with Crippen molar-refractivity contribution < 1.29 is 15.3 Å². The Morgan fingerprint density at radius 2 is 1.43 bits per heavy atom.